The van der Waals surface area contributed by atoms with Gasteiger partial charge in [0.25, 0.3) is 0 Å². The lowest BCUT2D eigenvalue weighted by atomic mass is 10.2. The molecule has 0 heterocycles. The summed E-state index contributed by atoms with van der Waals surface area (Å²) in [5, 5.41) is 8.51. The molecule has 0 aromatic carbocycles. The van der Waals surface area contributed by atoms with Crippen LogP contribution in [0.25, 0.3) is 0 Å². The number of rotatable bonds is 6. The van der Waals surface area contributed by atoms with E-state index in [1.807, 2.05) is 0 Å². The number of carbonyl (C=O) groups is 1. The summed E-state index contributed by atoms with van der Waals surface area (Å²) in [5.41, 5.74) is 5.18. The van der Waals surface area contributed by atoms with Gasteiger partial charge in [-0.1, -0.05) is 6.92 Å². The van der Waals surface area contributed by atoms with Crippen molar-refractivity contribution in [2.45, 2.75) is 13.3 Å². The second-order valence-electron chi connectivity index (χ2n) is 3.13. The van der Waals surface area contributed by atoms with Crippen LogP contribution in [0.3, 0.4) is 0 Å². The molecule has 0 aliphatic carbocycles. The third-order valence-electron chi connectivity index (χ3n) is 1.69. The predicted octanol–water partition coefficient (Wildman–Crippen LogP) is 0.326. The minimum atomic E-state index is -3.28. The average Bonchev–Trinajstić information content (AvgIpc) is 2.00. The van der Waals surface area contributed by atoms with Gasteiger partial charge in [-0.2, -0.15) is 0 Å². The molecule has 5 nitrogen and oxygen atoms in total. The molecule has 0 aliphatic rings. The zero-order valence-electron chi connectivity index (χ0n) is 7.64. The summed E-state index contributed by atoms with van der Waals surface area (Å²) in [5.74, 6) is -1.81. The molecule has 2 atom stereocenters. The van der Waals surface area contributed by atoms with Crippen molar-refractivity contribution in [2.24, 2.45) is 11.7 Å². The Hall–Kier alpha value is -0.380. The van der Waals surface area contributed by atoms with E-state index in [1.54, 1.807) is 0 Å². The lowest BCUT2D eigenvalue weighted by Crippen LogP contribution is -2.15. The highest BCUT2D eigenvalue weighted by Gasteiger charge is 2.24. The number of carboxylic acids is 1. The first kappa shape index (κ1) is 12.6. The van der Waals surface area contributed by atoms with Crippen LogP contribution in [0.2, 0.25) is 0 Å². The van der Waals surface area contributed by atoms with Gasteiger partial charge in [0.1, 0.15) is 0 Å². The maximum atomic E-state index is 11.3. The van der Waals surface area contributed by atoms with Crippen molar-refractivity contribution in [3.05, 3.63) is 0 Å². The SMILES string of the molecule is CC(CP(=O)(O)CCCN)C(=O)O. The number of hydrogen-bond acceptors (Lipinski definition) is 3. The number of hydrogen-bond donors (Lipinski definition) is 3. The van der Waals surface area contributed by atoms with Crippen LogP contribution in [0.4, 0.5) is 0 Å². The van der Waals surface area contributed by atoms with Crippen LogP contribution in [0.5, 0.6) is 0 Å². The van der Waals surface area contributed by atoms with Gasteiger partial charge >= 0.3 is 5.97 Å². The van der Waals surface area contributed by atoms with Gasteiger partial charge < -0.3 is 15.7 Å². The molecular weight excluding hydrogens is 193 g/mol. The molecule has 0 rings (SSSR count). The largest absolute Gasteiger partial charge is 0.481 e. The zero-order valence-corrected chi connectivity index (χ0v) is 8.54. The van der Waals surface area contributed by atoms with Crippen molar-refractivity contribution in [3.63, 3.8) is 0 Å². The first-order valence-corrected chi connectivity index (χ1v) is 6.16. The monoisotopic (exact) mass is 209 g/mol. The summed E-state index contributed by atoms with van der Waals surface area (Å²) < 4.78 is 11.3. The molecule has 4 N–H and O–H groups in total. The average molecular weight is 209 g/mol. The highest BCUT2D eigenvalue weighted by atomic mass is 31.2. The van der Waals surface area contributed by atoms with E-state index in [2.05, 4.69) is 0 Å². The summed E-state index contributed by atoms with van der Waals surface area (Å²) in [6.07, 6.45) is 0.406. The van der Waals surface area contributed by atoms with Crippen LogP contribution in [0.1, 0.15) is 13.3 Å². The van der Waals surface area contributed by atoms with Crippen molar-refractivity contribution in [1.29, 1.82) is 0 Å². The standard InChI is InChI=1S/C7H16NO4P/c1-6(7(9)10)5-13(11,12)4-2-3-8/h6H,2-5,8H2,1H3,(H,9,10)(H,11,12). The van der Waals surface area contributed by atoms with Crippen molar-refractivity contribution in [3.8, 4) is 0 Å². The highest BCUT2D eigenvalue weighted by Crippen LogP contribution is 2.42. The van der Waals surface area contributed by atoms with Crippen molar-refractivity contribution in [2.75, 3.05) is 18.9 Å². The lowest BCUT2D eigenvalue weighted by Gasteiger charge is -2.13. The summed E-state index contributed by atoms with van der Waals surface area (Å²) in [4.78, 5) is 19.7. The number of nitrogens with two attached hydrogens (primary N) is 1. The Morgan fingerprint density at radius 3 is 2.54 bits per heavy atom. The van der Waals surface area contributed by atoms with Gasteiger partial charge in [-0.25, -0.2) is 0 Å². The molecule has 0 saturated carbocycles. The van der Waals surface area contributed by atoms with Gasteiger partial charge in [0.2, 0.25) is 7.37 Å². The van der Waals surface area contributed by atoms with Gasteiger partial charge in [0.05, 0.1) is 5.92 Å². The molecule has 0 fully saturated rings. The molecule has 0 saturated heterocycles. The van der Waals surface area contributed by atoms with Gasteiger partial charge in [-0.3, -0.25) is 9.36 Å². The van der Waals surface area contributed by atoms with Crippen LogP contribution in [-0.4, -0.2) is 34.8 Å². The third kappa shape index (κ3) is 5.80. The Bertz CT molecular complexity index is 219. The van der Waals surface area contributed by atoms with Crippen LogP contribution in [0.15, 0.2) is 0 Å². The van der Waals surface area contributed by atoms with Gasteiger partial charge in [0.15, 0.2) is 0 Å². The minimum Gasteiger partial charge on any atom is -0.481 e. The fourth-order valence-electron chi connectivity index (χ4n) is 0.936. The fraction of sp³-hybridized carbons (Fsp3) is 0.857. The van der Waals surface area contributed by atoms with Crippen molar-refractivity contribution >= 4 is 13.3 Å². The second-order valence-corrected chi connectivity index (χ2v) is 5.64. The summed E-state index contributed by atoms with van der Waals surface area (Å²) in [7, 11) is -3.28. The van der Waals surface area contributed by atoms with Gasteiger partial charge in [-0.15, -0.1) is 0 Å². The summed E-state index contributed by atoms with van der Waals surface area (Å²) >= 11 is 0. The van der Waals surface area contributed by atoms with E-state index in [1.165, 1.54) is 6.92 Å². The molecule has 13 heavy (non-hydrogen) atoms. The van der Waals surface area contributed by atoms with E-state index in [0.717, 1.165) is 0 Å². The molecule has 0 spiro atoms. The van der Waals surface area contributed by atoms with Gasteiger partial charge in [-0.05, 0) is 13.0 Å². The van der Waals surface area contributed by atoms with E-state index < -0.39 is 19.3 Å². The number of aliphatic carboxylic acids is 1. The molecule has 0 aromatic rings. The first-order chi connectivity index (χ1) is 5.89. The topological polar surface area (TPSA) is 101 Å². The van der Waals surface area contributed by atoms with Crippen LogP contribution in [0, 0.1) is 5.92 Å². The van der Waals surface area contributed by atoms with E-state index in [-0.39, 0.29) is 12.3 Å². The van der Waals surface area contributed by atoms with Crippen LogP contribution in [-0.2, 0) is 9.36 Å². The molecule has 0 radical (unpaired) electrons. The Morgan fingerprint density at radius 2 is 2.15 bits per heavy atom. The molecule has 0 amide bonds. The highest BCUT2D eigenvalue weighted by molar-refractivity contribution is 7.58. The second kappa shape index (κ2) is 5.37. The van der Waals surface area contributed by atoms with Crippen LogP contribution < -0.4 is 5.73 Å². The molecule has 0 bridgehead atoms. The Kier molecular flexibility index (Phi) is 5.21. The summed E-state index contributed by atoms with van der Waals surface area (Å²) in [6, 6.07) is 0. The first-order valence-electron chi connectivity index (χ1n) is 4.13. The zero-order chi connectivity index (χ0) is 10.5. The van der Waals surface area contributed by atoms with E-state index >= 15 is 0 Å². The molecule has 78 valence electrons. The predicted molar refractivity (Wildman–Crippen MR) is 50.0 cm³/mol. The Balaban J connectivity index is 4.01. The number of carboxylic acid groups (broad SMARTS) is 1. The molecule has 0 aliphatic heterocycles. The van der Waals surface area contributed by atoms with Crippen molar-refractivity contribution < 1.29 is 19.4 Å². The Morgan fingerprint density at radius 1 is 1.62 bits per heavy atom. The minimum absolute atomic E-state index is 0.112. The van der Waals surface area contributed by atoms with E-state index in [4.69, 9.17) is 10.8 Å². The quantitative estimate of drug-likeness (QED) is 0.547. The van der Waals surface area contributed by atoms with Crippen LogP contribution >= 0.6 is 7.37 Å². The molecule has 0 aromatic heterocycles. The molecular formula is C7H16NO4P. The maximum absolute atomic E-state index is 11.3. The van der Waals surface area contributed by atoms with E-state index in [0.29, 0.717) is 13.0 Å². The van der Waals surface area contributed by atoms with Crippen molar-refractivity contribution in [1.82, 2.24) is 0 Å². The van der Waals surface area contributed by atoms with E-state index in [9.17, 15) is 14.3 Å². The summed E-state index contributed by atoms with van der Waals surface area (Å²) in [6.45, 7) is 1.78. The maximum Gasteiger partial charge on any atom is 0.306 e. The fourth-order valence-corrected chi connectivity index (χ4v) is 2.81. The normalized spacial score (nSPS) is 17.8. The molecule has 6 heteroatoms. The third-order valence-corrected chi connectivity index (χ3v) is 3.83. The smallest absolute Gasteiger partial charge is 0.306 e. The Labute approximate surface area is 77.4 Å². The molecule has 2 unspecified atom stereocenters. The van der Waals surface area contributed by atoms with Gasteiger partial charge in [0, 0.05) is 12.3 Å². The lowest BCUT2D eigenvalue weighted by molar-refractivity contribution is -0.140.